The van der Waals surface area contributed by atoms with E-state index in [-0.39, 0.29) is 5.12 Å². The molecule has 110 valence electrons. The van der Waals surface area contributed by atoms with Crippen LogP contribution in [0.15, 0.2) is 83.9 Å². The fourth-order valence-electron chi connectivity index (χ4n) is 2.72. The minimum absolute atomic E-state index is 0.0416. The zero-order valence-corrected chi connectivity index (χ0v) is 13.1. The number of fused-ring (bicyclic) bond motifs is 2. The maximum atomic E-state index is 12.8. The number of benzene rings is 3. The quantitative estimate of drug-likeness (QED) is 0.469. The molecule has 0 unspecified atom stereocenters. The predicted molar refractivity (Wildman–Crippen MR) is 95.9 cm³/mol. The highest BCUT2D eigenvalue weighted by molar-refractivity contribution is 8.14. The lowest BCUT2D eigenvalue weighted by atomic mass is 10.1. The molecule has 1 heterocycles. The molecule has 0 N–H and O–H groups in total. The van der Waals surface area contributed by atoms with Gasteiger partial charge in [0.2, 0.25) is 5.12 Å². The topological polar surface area (TPSA) is 30.0 Å². The van der Waals surface area contributed by atoms with E-state index in [2.05, 4.69) is 4.98 Å². The molecule has 0 radical (unpaired) electrons. The molecule has 0 amide bonds. The van der Waals surface area contributed by atoms with Gasteiger partial charge in [0, 0.05) is 22.0 Å². The number of carbonyl (C=O) groups is 1. The summed E-state index contributed by atoms with van der Waals surface area (Å²) in [5.74, 6) is 0. The number of hydrogen-bond acceptors (Lipinski definition) is 3. The Morgan fingerprint density at radius 2 is 1.52 bits per heavy atom. The standard InChI is InChI=1S/C20H13NOS/c22-20(17-11-3-7-14-6-1-2-10-16(14)17)23-18-12-4-8-15-9-5-13-21-19(15)18/h1-13H. The zero-order chi connectivity index (χ0) is 15.6. The lowest BCUT2D eigenvalue weighted by Gasteiger charge is -2.07. The van der Waals surface area contributed by atoms with Crippen LogP contribution in [0.5, 0.6) is 0 Å². The molecule has 1 aromatic heterocycles. The lowest BCUT2D eigenvalue weighted by Crippen LogP contribution is -1.95. The molecule has 23 heavy (non-hydrogen) atoms. The van der Waals surface area contributed by atoms with E-state index in [1.807, 2.05) is 72.8 Å². The van der Waals surface area contributed by atoms with Crippen molar-refractivity contribution in [1.29, 1.82) is 0 Å². The molecule has 0 fully saturated rings. The summed E-state index contributed by atoms with van der Waals surface area (Å²) < 4.78 is 0. The van der Waals surface area contributed by atoms with E-state index >= 15 is 0 Å². The Kier molecular flexibility index (Phi) is 3.56. The van der Waals surface area contributed by atoms with Gasteiger partial charge in [-0.2, -0.15) is 0 Å². The number of hydrogen-bond donors (Lipinski definition) is 0. The van der Waals surface area contributed by atoms with Crippen LogP contribution in [0.3, 0.4) is 0 Å². The van der Waals surface area contributed by atoms with Crippen molar-refractivity contribution in [2.75, 3.05) is 0 Å². The van der Waals surface area contributed by atoms with Crippen LogP contribution in [-0.2, 0) is 0 Å². The maximum Gasteiger partial charge on any atom is 0.224 e. The van der Waals surface area contributed by atoms with Gasteiger partial charge in [0.05, 0.1) is 5.52 Å². The van der Waals surface area contributed by atoms with Gasteiger partial charge in [-0.1, -0.05) is 54.6 Å². The highest BCUT2D eigenvalue weighted by Crippen LogP contribution is 2.31. The van der Waals surface area contributed by atoms with Gasteiger partial charge >= 0.3 is 0 Å². The van der Waals surface area contributed by atoms with Crippen molar-refractivity contribution in [3.8, 4) is 0 Å². The van der Waals surface area contributed by atoms with Crippen LogP contribution in [0.4, 0.5) is 0 Å². The van der Waals surface area contributed by atoms with Crippen molar-refractivity contribution in [2.24, 2.45) is 0 Å². The Hall–Kier alpha value is -2.65. The first-order valence-corrected chi connectivity index (χ1v) is 8.18. The monoisotopic (exact) mass is 315 g/mol. The van der Waals surface area contributed by atoms with Crippen molar-refractivity contribution in [1.82, 2.24) is 4.98 Å². The molecule has 3 heteroatoms. The Labute approximate surface area is 138 Å². The summed E-state index contributed by atoms with van der Waals surface area (Å²) in [5.41, 5.74) is 1.61. The van der Waals surface area contributed by atoms with Crippen LogP contribution in [0.25, 0.3) is 21.7 Å². The number of nitrogens with zero attached hydrogens (tertiary/aromatic N) is 1. The molecular formula is C20H13NOS. The first-order chi connectivity index (χ1) is 11.3. The highest BCUT2D eigenvalue weighted by atomic mass is 32.2. The molecule has 2 nitrogen and oxygen atoms in total. The Morgan fingerprint density at radius 1 is 0.783 bits per heavy atom. The molecule has 0 aliphatic rings. The van der Waals surface area contributed by atoms with E-state index in [1.165, 1.54) is 11.8 Å². The van der Waals surface area contributed by atoms with Gasteiger partial charge in [-0.05, 0) is 40.7 Å². The largest absolute Gasteiger partial charge is 0.281 e. The second-order valence-corrected chi connectivity index (χ2v) is 6.26. The molecule has 0 saturated carbocycles. The molecular weight excluding hydrogens is 302 g/mol. The average Bonchev–Trinajstić information content (AvgIpc) is 2.61. The third-order valence-corrected chi connectivity index (χ3v) is 4.76. The molecule has 4 aromatic rings. The zero-order valence-electron chi connectivity index (χ0n) is 12.3. The summed E-state index contributed by atoms with van der Waals surface area (Å²) in [5, 5.41) is 3.15. The van der Waals surface area contributed by atoms with Gasteiger partial charge < -0.3 is 0 Å². The van der Waals surface area contributed by atoms with Crippen LogP contribution in [0.1, 0.15) is 10.4 Å². The average molecular weight is 315 g/mol. The number of rotatable bonds is 2. The Morgan fingerprint density at radius 3 is 2.48 bits per heavy atom. The summed E-state index contributed by atoms with van der Waals surface area (Å²) in [6.07, 6.45) is 1.76. The third kappa shape index (κ3) is 2.60. The van der Waals surface area contributed by atoms with Crippen molar-refractivity contribution >= 4 is 38.6 Å². The van der Waals surface area contributed by atoms with Gasteiger partial charge in [0.15, 0.2) is 0 Å². The minimum atomic E-state index is 0.0416. The second kappa shape index (κ2) is 5.86. The molecule has 0 bridgehead atoms. The van der Waals surface area contributed by atoms with Crippen LogP contribution < -0.4 is 0 Å². The van der Waals surface area contributed by atoms with Crippen LogP contribution in [0, 0.1) is 0 Å². The molecule has 0 aliphatic carbocycles. The maximum absolute atomic E-state index is 12.8. The molecule has 4 rings (SSSR count). The van der Waals surface area contributed by atoms with Crippen LogP contribution in [-0.4, -0.2) is 10.1 Å². The molecule has 0 saturated heterocycles. The summed E-state index contributed by atoms with van der Waals surface area (Å²) in [4.78, 5) is 18.1. The van der Waals surface area contributed by atoms with Crippen LogP contribution >= 0.6 is 11.8 Å². The van der Waals surface area contributed by atoms with E-state index in [0.29, 0.717) is 0 Å². The first-order valence-electron chi connectivity index (χ1n) is 7.36. The lowest BCUT2D eigenvalue weighted by molar-refractivity contribution is 0.109. The number of thioether (sulfide) groups is 1. The van der Waals surface area contributed by atoms with E-state index < -0.39 is 0 Å². The number of pyridine rings is 1. The van der Waals surface area contributed by atoms with Crippen molar-refractivity contribution in [2.45, 2.75) is 4.90 Å². The number of aromatic nitrogens is 1. The van der Waals surface area contributed by atoms with E-state index in [0.717, 1.165) is 32.1 Å². The highest BCUT2D eigenvalue weighted by Gasteiger charge is 2.13. The molecule has 3 aromatic carbocycles. The smallest absolute Gasteiger partial charge is 0.224 e. The van der Waals surface area contributed by atoms with Gasteiger partial charge in [-0.25, -0.2) is 0 Å². The number of carbonyl (C=O) groups excluding carboxylic acids is 1. The SMILES string of the molecule is O=C(Sc1cccc2cccnc12)c1cccc2ccccc12. The summed E-state index contributed by atoms with van der Waals surface area (Å²) in [6.45, 7) is 0. The third-order valence-electron chi connectivity index (χ3n) is 3.81. The van der Waals surface area contributed by atoms with Gasteiger partial charge in [-0.15, -0.1) is 0 Å². The van der Waals surface area contributed by atoms with Gasteiger partial charge in [0.1, 0.15) is 0 Å². The Balaban J connectivity index is 1.77. The van der Waals surface area contributed by atoms with Crippen molar-refractivity contribution in [3.05, 3.63) is 84.6 Å². The van der Waals surface area contributed by atoms with Crippen molar-refractivity contribution < 1.29 is 4.79 Å². The molecule has 0 atom stereocenters. The first kappa shape index (κ1) is 14.0. The van der Waals surface area contributed by atoms with E-state index in [4.69, 9.17) is 0 Å². The fourth-order valence-corrected chi connectivity index (χ4v) is 3.62. The van der Waals surface area contributed by atoms with Gasteiger partial charge in [0.25, 0.3) is 0 Å². The van der Waals surface area contributed by atoms with E-state index in [9.17, 15) is 4.79 Å². The van der Waals surface area contributed by atoms with Gasteiger partial charge in [-0.3, -0.25) is 9.78 Å². The van der Waals surface area contributed by atoms with Crippen molar-refractivity contribution in [3.63, 3.8) is 0 Å². The Bertz CT molecular complexity index is 1020. The van der Waals surface area contributed by atoms with Crippen LogP contribution in [0.2, 0.25) is 0 Å². The molecule has 0 spiro atoms. The summed E-state index contributed by atoms with van der Waals surface area (Å²) in [6, 6.07) is 23.6. The predicted octanol–water partition coefficient (Wildman–Crippen LogP) is 5.32. The number of para-hydroxylation sites is 1. The summed E-state index contributed by atoms with van der Waals surface area (Å²) in [7, 11) is 0. The normalized spacial score (nSPS) is 11.0. The summed E-state index contributed by atoms with van der Waals surface area (Å²) >= 11 is 1.24. The second-order valence-electron chi connectivity index (χ2n) is 5.25. The minimum Gasteiger partial charge on any atom is -0.281 e. The van der Waals surface area contributed by atoms with E-state index in [1.54, 1.807) is 6.20 Å². The molecule has 0 aliphatic heterocycles. The fraction of sp³-hybridized carbons (Fsp3) is 0.